The number of nitro benzene ring substituents is 1. The van der Waals surface area contributed by atoms with E-state index in [4.69, 9.17) is 9.47 Å². The van der Waals surface area contributed by atoms with Crippen molar-refractivity contribution in [2.75, 3.05) is 56.7 Å². The fraction of sp³-hybridized carbons (Fsp3) is 0.444. The number of carbonyl (C=O) groups excluding carboxylic acids is 4. The summed E-state index contributed by atoms with van der Waals surface area (Å²) >= 11 is 0.896. The molecular formula is C18H20N4O8S. The molecule has 1 aromatic carbocycles. The molecule has 0 bridgehead atoms. The molecule has 0 unspecified atom stereocenters. The number of hydrogen-bond donors (Lipinski definition) is 1. The number of nitro groups is 1. The van der Waals surface area contributed by atoms with Gasteiger partial charge in [-0.25, -0.2) is 4.79 Å². The van der Waals surface area contributed by atoms with E-state index in [2.05, 4.69) is 5.32 Å². The van der Waals surface area contributed by atoms with E-state index in [1.165, 1.54) is 12.1 Å². The Bertz CT molecular complexity index is 887. The molecular weight excluding hydrogens is 432 g/mol. The summed E-state index contributed by atoms with van der Waals surface area (Å²) in [6.45, 7) is 1.35. The summed E-state index contributed by atoms with van der Waals surface area (Å²) in [7, 11) is 0. The van der Waals surface area contributed by atoms with Crippen LogP contribution in [0.1, 0.15) is 10.4 Å². The Balaban J connectivity index is 1.57. The minimum atomic E-state index is -0.873. The Morgan fingerprint density at radius 2 is 2.00 bits per heavy atom. The van der Waals surface area contributed by atoms with Crippen LogP contribution in [0, 0.1) is 10.1 Å². The average molecular weight is 452 g/mol. The first-order chi connectivity index (χ1) is 14.9. The van der Waals surface area contributed by atoms with Gasteiger partial charge in [0.15, 0.2) is 6.61 Å². The molecule has 1 N–H and O–H groups in total. The third kappa shape index (κ3) is 5.70. The Hall–Kier alpha value is -3.19. The van der Waals surface area contributed by atoms with Crippen LogP contribution in [0.2, 0.25) is 0 Å². The predicted molar refractivity (Wildman–Crippen MR) is 109 cm³/mol. The number of rotatable bonds is 8. The number of esters is 1. The standard InChI is InChI=1S/C18H20N4O8S/c23-15(19-3-4-21-16(24)11-31-18(21)26)10-30-17(25)13-9-12(22(27)28)1-2-14(13)20-5-7-29-8-6-20/h1-2,9H,3-8,10-11H2,(H,19,23). The van der Waals surface area contributed by atoms with Gasteiger partial charge in [-0.2, -0.15) is 0 Å². The quantitative estimate of drug-likeness (QED) is 0.334. The van der Waals surface area contributed by atoms with Crippen LogP contribution in [0.25, 0.3) is 0 Å². The van der Waals surface area contributed by atoms with E-state index in [9.17, 15) is 29.3 Å². The highest BCUT2D eigenvalue weighted by molar-refractivity contribution is 8.14. The summed E-state index contributed by atoms with van der Waals surface area (Å²) in [6.07, 6.45) is 0. The Morgan fingerprint density at radius 1 is 1.26 bits per heavy atom. The molecule has 31 heavy (non-hydrogen) atoms. The number of carbonyl (C=O) groups is 4. The van der Waals surface area contributed by atoms with Crippen LogP contribution in [-0.4, -0.2) is 84.6 Å². The molecule has 0 aliphatic carbocycles. The molecule has 3 amide bonds. The van der Waals surface area contributed by atoms with E-state index in [1.807, 2.05) is 4.90 Å². The zero-order valence-corrected chi connectivity index (χ0v) is 17.2. The maximum absolute atomic E-state index is 12.6. The van der Waals surface area contributed by atoms with Crippen molar-refractivity contribution in [1.29, 1.82) is 0 Å². The number of nitrogens with zero attached hydrogens (tertiary/aromatic N) is 3. The normalized spacial score (nSPS) is 16.4. The number of morpholine rings is 1. The van der Waals surface area contributed by atoms with Gasteiger partial charge in [0.2, 0.25) is 5.91 Å². The van der Waals surface area contributed by atoms with Crippen LogP contribution in [0.5, 0.6) is 0 Å². The molecule has 2 heterocycles. The van der Waals surface area contributed by atoms with Crippen molar-refractivity contribution in [3.8, 4) is 0 Å². The van der Waals surface area contributed by atoms with E-state index in [0.29, 0.717) is 32.0 Å². The maximum atomic E-state index is 12.6. The van der Waals surface area contributed by atoms with Crippen molar-refractivity contribution in [3.05, 3.63) is 33.9 Å². The number of anilines is 1. The fourth-order valence-corrected chi connectivity index (χ4v) is 3.80. The number of amides is 3. The molecule has 2 aliphatic heterocycles. The number of imide groups is 1. The van der Waals surface area contributed by atoms with Crippen LogP contribution in [0.4, 0.5) is 16.2 Å². The van der Waals surface area contributed by atoms with Gasteiger partial charge in [-0.1, -0.05) is 11.8 Å². The van der Waals surface area contributed by atoms with Gasteiger partial charge in [-0.15, -0.1) is 0 Å². The van der Waals surface area contributed by atoms with Crippen LogP contribution < -0.4 is 10.2 Å². The molecule has 0 spiro atoms. The molecule has 1 aromatic rings. The van der Waals surface area contributed by atoms with Crippen molar-refractivity contribution in [3.63, 3.8) is 0 Å². The molecule has 0 atom stereocenters. The molecule has 3 rings (SSSR count). The summed E-state index contributed by atoms with van der Waals surface area (Å²) in [5, 5.41) is 13.2. The average Bonchev–Trinajstić information content (AvgIpc) is 3.09. The highest BCUT2D eigenvalue weighted by Crippen LogP contribution is 2.27. The Morgan fingerprint density at radius 3 is 2.65 bits per heavy atom. The lowest BCUT2D eigenvalue weighted by atomic mass is 10.1. The van der Waals surface area contributed by atoms with E-state index in [0.717, 1.165) is 22.7 Å². The second-order valence-electron chi connectivity index (χ2n) is 6.58. The third-order valence-corrected chi connectivity index (χ3v) is 5.45. The van der Waals surface area contributed by atoms with Gasteiger partial charge in [0.05, 0.1) is 35.1 Å². The lowest BCUT2D eigenvalue weighted by Crippen LogP contribution is -2.39. The highest BCUT2D eigenvalue weighted by Gasteiger charge is 2.29. The Kier molecular flexibility index (Phi) is 7.41. The number of nitrogens with one attached hydrogen (secondary N) is 1. The van der Waals surface area contributed by atoms with Crippen LogP contribution in [0.15, 0.2) is 18.2 Å². The maximum Gasteiger partial charge on any atom is 0.341 e. The molecule has 13 heteroatoms. The summed E-state index contributed by atoms with van der Waals surface area (Å²) < 4.78 is 10.3. The first-order valence-electron chi connectivity index (χ1n) is 9.39. The van der Waals surface area contributed by atoms with Gasteiger partial charge in [0.1, 0.15) is 0 Å². The SMILES string of the molecule is O=C(COC(=O)c1cc([N+](=O)[O-])ccc1N1CCOCC1)NCCN1C(=O)CSC1=O. The smallest absolute Gasteiger partial charge is 0.341 e. The predicted octanol–water partition coefficient (Wildman–Crippen LogP) is 0.400. The van der Waals surface area contributed by atoms with Crippen molar-refractivity contribution < 1.29 is 33.6 Å². The van der Waals surface area contributed by atoms with Gasteiger partial charge in [0.25, 0.3) is 16.8 Å². The number of ether oxygens (including phenoxy) is 2. The van der Waals surface area contributed by atoms with Crippen molar-refractivity contribution in [1.82, 2.24) is 10.2 Å². The Labute approximate surface area is 181 Å². The van der Waals surface area contributed by atoms with Gasteiger partial charge < -0.3 is 19.7 Å². The minimum Gasteiger partial charge on any atom is -0.452 e. The van der Waals surface area contributed by atoms with Crippen molar-refractivity contribution in [2.24, 2.45) is 0 Å². The number of non-ortho nitro benzene ring substituents is 1. The van der Waals surface area contributed by atoms with E-state index in [-0.39, 0.29) is 41.2 Å². The lowest BCUT2D eigenvalue weighted by molar-refractivity contribution is -0.384. The van der Waals surface area contributed by atoms with Crippen molar-refractivity contribution >= 4 is 46.2 Å². The molecule has 0 radical (unpaired) electrons. The second kappa shape index (κ2) is 10.2. The molecule has 166 valence electrons. The monoisotopic (exact) mass is 452 g/mol. The summed E-state index contributed by atoms with van der Waals surface area (Å²) in [4.78, 5) is 60.9. The minimum absolute atomic E-state index is 0.0181. The summed E-state index contributed by atoms with van der Waals surface area (Å²) in [5.41, 5.74) is 0.170. The second-order valence-corrected chi connectivity index (χ2v) is 7.51. The van der Waals surface area contributed by atoms with Crippen LogP contribution in [-0.2, 0) is 19.1 Å². The largest absolute Gasteiger partial charge is 0.452 e. The molecule has 2 aliphatic rings. The van der Waals surface area contributed by atoms with E-state index in [1.54, 1.807) is 0 Å². The van der Waals surface area contributed by atoms with E-state index < -0.39 is 23.4 Å². The first kappa shape index (κ1) is 22.5. The number of thioether (sulfide) groups is 1. The third-order valence-electron chi connectivity index (χ3n) is 4.60. The van der Waals surface area contributed by atoms with Crippen molar-refractivity contribution in [2.45, 2.75) is 0 Å². The molecule has 12 nitrogen and oxygen atoms in total. The molecule has 0 saturated carbocycles. The summed E-state index contributed by atoms with van der Waals surface area (Å²) in [6, 6.07) is 3.89. The molecule has 0 aromatic heterocycles. The number of hydrogen-bond acceptors (Lipinski definition) is 10. The highest BCUT2D eigenvalue weighted by atomic mass is 32.2. The van der Waals surface area contributed by atoms with Gasteiger partial charge in [0, 0.05) is 38.3 Å². The van der Waals surface area contributed by atoms with E-state index >= 15 is 0 Å². The summed E-state index contributed by atoms with van der Waals surface area (Å²) in [5.74, 6) is -1.74. The van der Waals surface area contributed by atoms with Gasteiger partial charge in [-0.3, -0.25) is 29.4 Å². The van der Waals surface area contributed by atoms with Crippen LogP contribution in [0.3, 0.4) is 0 Å². The fourth-order valence-electron chi connectivity index (χ4n) is 3.05. The number of benzene rings is 1. The zero-order chi connectivity index (χ0) is 22.4. The molecule has 2 saturated heterocycles. The first-order valence-corrected chi connectivity index (χ1v) is 10.4. The van der Waals surface area contributed by atoms with Crippen LogP contribution >= 0.6 is 11.8 Å². The topological polar surface area (TPSA) is 148 Å². The van der Waals surface area contributed by atoms with Gasteiger partial charge in [-0.05, 0) is 6.07 Å². The lowest BCUT2D eigenvalue weighted by Gasteiger charge is -2.30. The molecule has 2 fully saturated rings. The van der Waals surface area contributed by atoms with Gasteiger partial charge >= 0.3 is 5.97 Å². The zero-order valence-electron chi connectivity index (χ0n) is 16.4.